The van der Waals surface area contributed by atoms with Gasteiger partial charge in [-0.1, -0.05) is 35.9 Å². The lowest BCUT2D eigenvalue weighted by Crippen LogP contribution is -2.49. The number of urea groups is 1. The molecule has 0 bridgehead atoms. The van der Waals surface area contributed by atoms with E-state index in [1.54, 1.807) is 4.90 Å². The van der Waals surface area contributed by atoms with Crippen LogP contribution in [0.3, 0.4) is 0 Å². The van der Waals surface area contributed by atoms with E-state index in [-0.39, 0.29) is 12.1 Å². The molecular formula is C22H29N3O2. The van der Waals surface area contributed by atoms with Gasteiger partial charge in [0.05, 0.1) is 6.54 Å². The standard InChI is InChI=1S/C22H29N3O2/c1-18-8-10-21(11-9-18)27-17-16-24(2)22(26)23-19-12-14-25(15-13-19)20-6-4-3-5-7-20/h3-11,19H,12-17H2,1-2H3,(H,23,26). The molecule has 1 N–H and O–H groups in total. The van der Waals surface area contributed by atoms with Crippen molar-refractivity contribution in [3.05, 3.63) is 60.2 Å². The third-order valence-corrected chi connectivity index (χ3v) is 5.01. The molecule has 1 aliphatic heterocycles. The van der Waals surface area contributed by atoms with Crippen molar-refractivity contribution in [2.75, 3.05) is 38.2 Å². The third kappa shape index (κ3) is 5.64. The molecule has 0 aromatic heterocycles. The maximum atomic E-state index is 12.4. The maximum absolute atomic E-state index is 12.4. The van der Waals surface area contributed by atoms with Crippen LogP contribution in [0, 0.1) is 6.92 Å². The van der Waals surface area contributed by atoms with Crippen molar-refractivity contribution in [1.29, 1.82) is 0 Å². The summed E-state index contributed by atoms with van der Waals surface area (Å²) in [5.74, 6) is 0.836. The van der Waals surface area contributed by atoms with Crippen molar-refractivity contribution < 1.29 is 9.53 Å². The summed E-state index contributed by atoms with van der Waals surface area (Å²) in [4.78, 5) is 16.5. The minimum atomic E-state index is -0.0272. The van der Waals surface area contributed by atoms with Crippen LogP contribution < -0.4 is 15.0 Å². The molecule has 1 fully saturated rings. The zero-order valence-electron chi connectivity index (χ0n) is 16.2. The molecule has 0 atom stereocenters. The van der Waals surface area contributed by atoms with Crippen molar-refractivity contribution in [3.8, 4) is 5.75 Å². The van der Waals surface area contributed by atoms with Crippen LogP contribution >= 0.6 is 0 Å². The van der Waals surface area contributed by atoms with Gasteiger partial charge in [0.2, 0.25) is 0 Å². The molecule has 0 unspecified atom stereocenters. The second-order valence-electron chi connectivity index (χ2n) is 7.13. The second-order valence-corrected chi connectivity index (χ2v) is 7.13. The Morgan fingerprint density at radius 1 is 1.11 bits per heavy atom. The first-order chi connectivity index (χ1) is 13.1. The number of carbonyl (C=O) groups is 1. The Morgan fingerprint density at radius 3 is 2.44 bits per heavy atom. The quantitative estimate of drug-likeness (QED) is 0.847. The number of anilines is 1. The number of likely N-dealkylation sites (N-methyl/N-ethyl adjacent to an activating group) is 1. The number of hydrogen-bond donors (Lipinski definition) is 1. The van der Waals surface area contributed by atoms with Crippen molar-refractivity contribution in [1.82, 2.24) is 10.2 Å². The van der Waals surface area contributed by atoms with Gasteiger partial charge in [-0.25, -0.2) is 4.79 Å². The number of rotatable bonds is 6. The number of amides is 2. The molecule has 2 amide bonds. The summed E-state index contributed by atoms with van der Waals surface area (Å²) in [5, 5.41) is 3.15. The average Bonchev–Trinajstić information content (AvgIpc) is 2.70. The Hall–Kier alpha value is -2.69. The number of nitrogens with zero attached hydrogens (tertiary/aromatic N) is 2. The molecule has 2 aromatic rings. The predicted octanol–water partition coefficient (Wildman–Crippen LogP) is 3.68. The highest BCUT2D eigenvalue weighted by Crippen LogP contribution is 2.19. The Balaban J connectivity index is 1.36. The summed E-state index contributed by atoms with van der Waals surface area (Å²) >= 11 is 0. The fourth-order valence-electron chi connectivity index (χ4n) is 3.24. The topological polar surface area (TPSA) is 44.8 Å². The first-order valence-corrected chi connectivity index (χ1v) is 9.63. The Morgan fingerprint density at radius 2 is 1.78 bits per heavy atom. The molecule has 1 heterocycles. The van der Waals surface area contributed by atoms with E-state index in [2.05, 4.69) is 34.5 Å². The van der Waals surface area contributed by atoms with Gasteiger partial charge in [0.1, 0.15) is 12.4 Å². The fourth-order valence-corrected chi connectivity index (χ4v) is 3.24. The lowest BCUT2D eigenvalue weighted by molar-refractivity contribution is 0.189. The van der Waals surface area contributed by atoms with E-state index in [9.17, 15) is 4.79 Å². The van der Waals surface area contributed by atoms with Crippen LogP contribution in [-0.4, -0.2) is 50.3 Å². The SMILES string of the molecule is Cc1ccc(OCCN(C)C(=O)NC2CCN(c3ccccc3)CC2)cc1. The average molecular weight is 367 g/mol. The molecule has 144 valence electrons. The fraction of sp³-hybridized carbons (Fsp3) is 0.409. The van der Waals surface area contributed by atoms with Crippen LogP contribution in [0.2, 0.25) is 0 Å². The monoisotopic (exact) mass is 367 g/mol. The number of aryl methyl sites for hydroxylation is 1. The highest BCUT2D eigenvalue weighted by Gasteiger charge is 2.22. The van der Waals surface area contributed by atoms with Crippen LogP contribution in [0.5, 0.6) is 5.75 Å². The third-order valence-electron chi connectivity index (χ3n) is 5.01. The highest BCUT2D eigenvalue weighted by molar-refractivity contribution is 5.74. The van der Waals surface area contributed by atoms with E-state index in [1.807, 2.05) is 44.3 Å². The number of ether oxygens (including phenoxy) is 1. The molecule has 27 heavy (non-hydrogen) atoms. The molecular weight excluding hydrogens is 338 g/mol. The van der Waals surface area contributed by atoms with Gasteiger partial charge in [-0.15, -0.1) is 0 Å². The number of para-hydroxylation sites is 1. The van der Waals surface area contributed by atoms with Crippen molar-refractivity contribution in [2.45, 2.75) is 25.8 Å². The summed E-state index contributed by atoms with van der Waals surface area (Å²) in [6.07, 6.45) is 1.93. The molecule has 1 saturated heterocycles. The lowest BCUT2D eigenvalue weighted by atomic mass is 10.0. The molecule has 5 heteroatoms. The van der Waals surface area contributed by atoms with E-state index in [0.29, 0.717) is 13.2 Å². The molecule has 0 radical (unpaired) electrons. The van der Waals surface area contributed by atoms with Crippen LogP contribution in [0.15, 0.2) is 54.6 Å². The summed E-state index contributed by atoms with van der Waals surface area (Å²) in [6, 6.07) is 18.6. The number of hydrogen-bond acceptors (Lipinski definition) is 3. The van der Waals surface area contributed by atoms with Crippen molar-refractivity contribution in [3.63, 3.8) is 0 Å². The first kappa shape index (κ1) is 19.1. The van der Waals surface area contributed by atoms with Gasteiger partial charge >= 0.3 is 6.03 Å². The van der Waals surface area contributed by atoms with Gasteiger partial charge in [0, 0.05) is 31.9 Å². The largest absolute Gasteiger partial charge is 0.492 e. The van der Waals surface area contributed by atoms with Crippen LogP contribution in [0.25, 0.3) is 0 Å². The minimum Gasteiger partial charge on any atom is -0.492 e. The van der Waals surface area contributed by atoms with Gasteiger partial charge in [0.25, 0.3) is 0 Å². The van der Waals surface area contributed by atoms with E-state index in [0.717, 1.165) is 31.7 Å². The number of piperidine rings is 1. The number of nitrogens with one attached hydrogen (secondary N) is 1. The zero-order valence-corrected chi connectivity index (χ0v) is 16.2. The Kier molecular flexibility index (Phi) is 6.58. The van der Waals surface area contributed by atoms with E-state index >= 15 is 0 Å². The van der Waals surface area contributed by atoms with Crippen molar-refractivity contribution in [2.24, 2.45) is 0 Å². The summed E-state index contributed by atoms with van der Waals surface area (Å²) in [6.45, 7) is 5.03. The van der Waals surface area contributed by atoms with Gasteiger partial charge in [0.15, 0.2) is 0 Å². The summed E-state index contributed by atoms with van der Waals surface area (Å²) in [7, 11) is 1.81. The lowest BCUT2D eigenvalue weighted by Gasteiger charge is -2.34. The van der Waals surface area contributed by atoms with Crippen molar-refractivity contribution >= 4 is 11.7 Å². The van der Waals surface area contributed by atoms with E-state index < -0.39 is 0 Å². The second kappa shape index (κ2) is 9.31. The minimum absolute atomic E-state index is 0.0272. The predicted molar refractivity (Wildman–Crippen MR) is 110 cm³/mol. The van der Waals surface area contributed by atoms with Gasteiger partial charge in [-0.3, -0.25) is 0 Å². The molecule has 0 saturated carbocycles. The Bertz CT molecular complexity index is 710. The van der Waals surface area contributed by atoms with Gasteiger partial charge in [-0.05, 0) is 44.0 Å². The summed E-state index contributed by atoms with van der Waals surface area (Å²) in [5.41, 5.74) is 2.46. The molecule has 0 spiro atoms. The first-order valence-electron chi connectivity index (χ1n) is 9.63. The number of benzene rings is 2. The molecule has 2 aromatic carbocycles. The van der Waals surface area contributed by atoms with Crippen LogP contribution in [0.4, 0.5) is 10.5 Å². The van der Waals surface area contributed by atoms with E-state index in [1.165, 1.54) is 11.3 Å². The normalized spacial score (nSPS) is 14.7. The number of carbonyl (C=O) groups excluding carboxylic acids is 1. The molecule has 3 rings (SSSR count). The smallest absolute Gasteiger partial charge is 0.317 e. The Labute approximate surface area is 161 Å². The molecule has 1 aliphatic rings. The highest BCUT2D eigenvalue weighted by atomic mass is 16.5. The molecule has 5 nitrogen and oxygen atoms in total. The van der Waals surface area contributed by atoms with Gasteiger partial charge in [-0.2, -0.15) is 0 Å². The molecule has 0 aliphatic carbocycles. The van der Waals surface area contributed by atoms with Crippen LogP contribution in [0.1, 0.15) is 18.4 Å². The van der Waals surface area contributed by atoms with Crippen LogP contribution in [-0.2, 0) is 0 Å². The maximum Gasteiger partial charge on any atom is 0.317 e. The van der Waals surface area contributed by atoms with Gasteiger partial charge < -0.3 is 19.9 Å². The summed E-state index contributed by atoms with van der Waals surface area (Å²) < 4.78 is 5.71. The zero-order chi connectivity index (χ0) is 19.1. The van der Waals surface area contributed by atoms with E-state index in [4.69, 9.17) is 4.74 Å².